The molecule has 0 unspecified atom stereocenters. The maximum absolute atomic E-state index is 11.4. The molecule has 2 aromatic rings. The van der Waals surface area contributed by atoms with Crippen molar-refractivity contribution in [2.24, 2.45) is 0 Å². The number of rotatable bonds is 6. The molecule has 0 saturated carbocycles. The molecule has 0 aliphatic carbocycles. The number of halogens is 1. The zero-order chi connectivity index (χ0) is 14.5. The minimum Gasteiger partial charge on any atom is -0.468 e. The number of carbonyl (C=O) groups excluding carboxylic acids is 1. The second-order valence-electron chi connectivity index (χ2n) is 4.63. The highest BCUT2D eigenvalue weighted by atomic mass is 35.5. The van der Waals surface area contributed by atoms with Crippen molar-refractivity contribution in [3.63, 3.8) is 0 Å². The van der Waals surface area contributed by atoms with Crippen molar-refractivity contribution in [1.29, 1.82) is 0 Å². The molecule has 6 heteroatoms. The number of imidazole rings is 1. The third-order valence-corrected chi connectivity index (χ3v) is 3.19. The summed E-state index contributed by atoms with van der Waals surface area (Å²) >= 11 is 5.95. The number of esters is 1. The summed E-state index contributed by atoms with van der Waals surface area (Å²) in [5, 5.41) is 0.668. The van der Waals surface area contributed by atoms with Gasteiger partial charge in [0.15, 0.2) is 0 Å². The van der Waals surface area contributed by atoms with Crippen molar-refractivity contribution < 1.29 is 9.53 Å². The highest BCUT2D eigenvalue weighted by Gasteiger charge is 2.12. The Balaban J connectivity index is 2.13. The Labute approximate surface area is 123 Å². The van der Waals surface area contributed by atoms with Gasteiger partial charge in [0.25, 0.3) is 0 Å². The third-order valence-electron chi connectivity index (χ3n) is 2.97. The number of carbonyl (C=O) groups is 1. The molecule has 0 aliphatic heterocycles. The monoisotopic (exact) mass is 295 g/mol. The fraction of sp³-hybridized carbons (Fsp3) is 0.429. The van der Waals surface area contributed by atoms with Crippen molar-refractivity contribution in [3.8, 4) is 0 Å². The lowest BCUT2D eigenvalue weighted by molar-refractivity contribution is -0.142. The molecular formula is C14H18ClN3O2. The maximum atomic E-state index is 11.4. The topological polar surface area (TPSA) is 46.8 Å². The summed E-state index contributed by atoms with van der Waals surface area (Å²) in [6.07, 6.45) is 4.72. The van der Waals surface area contributed by atoms with E-state index in [2.05, 4.69) is 11.9 Å². The smallest absolute Gasteiger partial charge is 0.319 e. The average molecular weight is 296 g/mol. The summed E-state index contributed by atoms with van der Waals surface area (Å²) in [7, 11) is 1.40. The van der Waals surface area contributed by atoms with E-state index in [4.69, 9.17) is 16.3 Å². The van der Waals surface area contributed by atoms with E-state index >= 15 is 0 Å². The maximum Gasteiger partial charge on any atom is 0.319 e. The second-order valence-corrected chi connectivity index (χ2v) is 5.07. The summed E-state index contributed by atoms with van der Waals surface area (Å²) in [6, 6.07) is 3.68. The number of methoxy groups -OCH3 is 1. The minimum absolute atomic E-state index is 0.231. The molecule has 0 radical (unpaired) electrons. The van der Waals surface area contributed by atoms with Crippen LogP contribution in [0.5, 0.6) is 0 Å². The van der Waals surface area contributed by atoms with Gasteiger partial charge in [-0.3, -0.25) is 9.69 Å². The fourth-order valence-electron chi connectivity index (χ4n) is 2.10. The predicted octanol–water partition coefficient (Wildman–Crippen LogP) is 2.37. The van der Waals surface area contributed by atoms with Crippen LogP contribution < -0.4 is 0 Å². The first-order valence-corrected chi connectivity index (χ1v) is 6.92. The Kier molecular flexibility index (Phi) is 4.98. The zero-order valence-corrected chi connectivity index (χ0v) is 12.4. The highest BCUT2D eigenvalue weighted by molar-refractivity contribution is 6.30. The van der Waals surface area contributed by atoms with Crippen molar-refractivity contribution in [2.45, 2.75) is 19.9 Å². The van der Waals surface area contributed by atoms with E-state index in [1.54, 1.807) is 0 Å². The first-order chi connectivity index (χ1) is 9.62. The summed E-state index contributed by atoms with van der Waals surface area (Å²) in [5.41, 5.74) is 1.75. The molecule has 0 N–H and O–H groups in total. The predicted molar refractivity (Wildman–Crippen MR) is 77.8 cm³/mol. The van der Waals surface area contributed by atoms with Crippen LogP contribution in [-0.4, -0.2) is 40.5 Å². The molecule has 2 heterocycles. The number of hydrogen-bond donors (Lipinski definition) is 0. The van der Waals surface area contributed by atoms with E-state index in [9.17, 15) is 4.79 Å². The van der Waals surface area contributed by atoms with Crippen molar-refractivity contribution in [1.82, 2.24) is 14.3 Å². The fourth-order valence-corrected chi connectivity index (χ4v) is 2.27. The van der Waals surface area contributed by atoms with Crippen LogP contribution in [0.4, 0.5) is 0 Å². The highest BCUT2D eigenvalue weighted by Crippen LogP contribution is 2.13. The molecule has 0 saturated heterocycles. The lowest BCUT2D eigenvalue weighted by Crippen LogP contribution is -2.31. The third kappa shape index (κ3) is 3.71. The van der Waals surface area contributed by atoms with Crippen molar-refractivity contribution in [2.75, 3.05) is 20.2 Å². The Morgan fingerprint density at radius 3 is 2.95 bits per heavy atom. The molecule has 0 aliphatic rings. The molecule has 2 aromatic heterocycles. The average Bonchev–Trinajstić information content (AvgIpc) is 2.80. The van der Waals surface area contributed by atoms with Gasteiger partial charge in [0.2, 0.25) is 0 Å². The standard InChI is InChI=1S/C14H18ClN3O2/c1-3-6-17(10-14(19)20-2)8-12-9-18-7-11(15)4-5-13(18)16-12/h4-5,7,9H,3,6,8,10H2,1-2H3. The van der Waals surface area contributed by atoms with Crippen LogP contribution in [0.2, 0.25) is 5.02 Å². The van der Waals surface area contributed by atoms with E-state index < -0.39 is 0 Å². The Morgan fingerprint density at radius 1 is 1.45 bits per heavy atom. The van der Waals surface area contributed by atoms with E-state index in [-0.39, 0.29) is 12.5 Å². The van der Waals surface area contributed by atoms with Gasteiger partial charge in [-0.25, -0.2) is 4.98 Å². The summed E-state index contributed by atoms with van der Waals surface area (Å²) in [4.78, 5) is 17.9. The van der Waals surface area contributed by atoms with E-state index in [0.717, 1.165) is 24.3 Å². The number of ether oxygens (including phenoxy) is 1. The normalized spacial score (nSPS) is 11.2. The molecule has 5 nitrogen and oxygen atoms in total. The Morgan fingerprint density at radius 2 is 2.25 bits per heavy atom. The van der Waals surface area contributed by atoms with Crippen LogP contribution in [0.15, 0.2) is 24.5 Å². The second kappa shape index (κ2) is 6.72. The van der Waals surface area contributed by atoms with Gasteiger partial charge in [-0.15, -0.1) is 0 Å². The first kappa shape index (κ1) is 14.8. The van der Waals surface area contributed by atoms with Gasteiger partial charge in [-0.05, 0) is 25.1 Å². The van der Waals surface area contributed by atoms with Crippen LogP contribution in [0.3, 0.4) is 0 Å². The molecule has 2 rings (SSSR count). The molecule has 0 fully saturated rings. The molecule has 20 heavy (non-hydrogen) atoms. The molecule has 0 aromatic carbocycles. The molecular weight excluding hydrogens is 278 g/mol. The number of aromatic nitrogens is 2. The van der Waals surface area contributed by atoms with Gasteiger partial charge in [-0.1, -0.05) is 18.5 Å². The van der Waals surface area contributed by atoms with E-state index in [0.29, 0.717) is 11.6 Å². The number of nitrogens with zero attached hydrogens (tertiary/aromatic N) is 3. The van der Waals surface area contributed by atoms with Gasteiger partial charge in [0, 0.05) is 18.9 Å². The minimum atomic E-state index is -0.231. The van der Waals surface area contributed by atoms with Crippen LogP contribution >= 0.6 is 11.6 Å². The van der Waals surface area contributed by atoms with Gasteiger partial charge in [0.1, 0.15) is 5.65 Å². The SMILES string of the molecule is CCCN(CC(=O)OC)Cc1cn2cc(Cl)ccc2n1. The van der Waals surface area contributed by atoms with Crippen LogP contribution in [-0.2, 0) is 16.1 Å². The van der Waals surface area contributed by atoms with E-state index in [1.807, 2.05) is 33.8 Å². The zero-order valence-electron chi connectivity index (χ0n) is 11.7. The number of hydrogen-bond acceptors (Lipinski definition) is 4. The largest absolute Gasteiger partial charge is 0.468 e. The first-order valence-electron chi connectivity index (χ1n) is 6.54. The molecule has 108 valence electrons. The van der Waals surface area contributed by atoms with Crippen molar-refractivity contribution in [3.05, 3.63) is 35.2 Å². The lowest BCUT2D eigenvalue weighted by Gasteiger charge is -2.18. The summed E-state index contributed by atoms with van der Waals surface area (Å²) in [6.45, 7) is 3.79. The lowest BCUT2D eigenvalue weighted by atomic mass is 10.3. The molecule has 0 amide bonds. The van der Waals surface area contributed by atoms with Gasteiger partial charge >= 0.3 is 5.97 Å². The van der Waals surface area contributed by atoms with Gasteiger partial charge in [-0.2, -0.15) is 0 Å². The number of fused-ring (bicyclic) bond motifs is 1. The van der Waals surface area contributed by atoms with Crippen LogP contribution in [0, 0.1) is 0 Å². The van der Waals surface area contributed by atoms with Crippen LogP contribution in [0.25, 0.3) is 5.65 Å². The van der Waals surface area contributed by atoms with Gasteiger partial charge in [0.05, 0.1) is 24.4 Å². The van der Waals surface area contributed by atoms with Crippen molar-refractivity contribution >= 4 is 23.2 Å². The molecule has 0 bridgehead atoms. The number of pyridine rings is 1. The van der Waals surface area contributed by atoms with Crippen LogP contribution in [0.1, 0.15) is 19.0 Å². The Hall–Kier alpha value is -1.59. The van der Waals surface area contributed by atoms with E-state index in [1.165, 1.54) is 7.11 Å². The quantitative estimate of drug-likeness (QED) is 0.768. The summed E-state index contributed by atoms with van der Waals surface area (Å²) < 4.78 is 6.60. The Bertz CT molecular complexity index is 597. The van der Waals surface area contributed by atoms with Gasteiger partial charge < -0.3 is 9.14 Å². The molecule has 0 atom stereocenters. The summed E-state index contributed by atoms with van der Waals surface area (Å²) in [5.74, 6) is -0.231. The molecule has 0 spiro atoms.